The summed E-state index contributed by atoms with van der Waals surface area (Å²) in [4.78, 5) is 11.8. The Morgan fingerprint density at radius 3 is 2.40 bits per heavy atom. The van der Waals surface area contributed by atoms with Crippen molar-refractivity contribution >= 4 is 21.4 Å². The van der Waals surface area contributed by atoms with Crippen LogP contribution in [0, 0.1) is 29.9 Å². The molecule has 1 atom stereocenters. The third-order valence-corrected chi connectivity index (χ3v) is 4.83. The largest absolute Gasteiger partial charge is 0.321 e. The molecule has 1 aliphatic rings. The Bertz CT molecular complexity index is 684. The van der Waals surface area contributed by atoms with Gasteiger partial charge in [-0.15, -0.1) is 6.42 Å². The van der Waals surface area contributed by atoms with Gasteiger partial charge in [0.25, 0.3) is 0 Å². The minimum Gasteiger partial charge on any atom is -0.321 e. The van der Waals surface area contributed by atoms with Crippen molar-refractivity contribution < 1.29 is 22.0 Å². The minimum absolute atomic E-state index is 0.0152. The normalized spacial score (nSPS) is 20.4. The van der Waals surface area contributed by atoms with E-state index in [4.69, 9.17) is 6.42 Å². The second-order valence-electron chi connectivity index (χ2n) is 4.55. The molecule has 1 fully saturated rings. The summed E-state index contributed by atoms with van der Waals surface area (Å²) in [7, 11) is -3.24. The number of sulfone groups is 1. The number of anilines is 1. The van der Waals surface area contributed by atoms with Crippen molar-refractivity contribution in [2.45, 2.75) is 6.42 Å². The molecule has 7 heteroatoms. The smallest absolute Gasteiger partial charge is 0.228 e. The SMILES string of the molecule is C#Cc1cc(F)c(NC(=O)C2CCS(=O)(=O)C2)c(F)c1. The van der Waals surface area contributed by atoms with Gasteiger partial charge in [-0.25, -0.2) is 17.2 Å². The highest BCUT2D eigenvalue weighted by Gasteiger charge is 2.33. The highest BCUT2D eigenvalue weighted by atomic mass is 32.2. The molecule has 0 spiro atoms. The number of benzene rings is 1. The van der Waals surface area contributed by atoms with E-state index >= 15 is 0 Å². The van der Waals surface area contributed by atoms with Crippen molar-refractivity contribution in [2.75, 3.05) is 16.8 Å². The van der Waals surface area contributed by atoms with Gasteiger partial charge in [-0.3, -0.25) is 4.79 Å². The molecule has 1 N–H and O–H groups in total. The standard InChI is InChI=1S/C13H11F2NO3S/c1-2-8-5-10(14)12(11(15)6-8)16-13(17)9-3-4-20(18,19)7-9/h1,5-6,9H,3-4,7H2,(H,16,17). The second-order valence-corrected chi connectivity index (χ2v) is 6.78. The van der Waals surface area contributed by atoms with Gasteiger partial charge < -0.3 is 5.32 Å². The molecule has 106 valence electrons. The number of hydrogen-bond donors (Lipinski definition) is 1. The maximum Gasteiger partial charge on any atom is 0.228 e. The summed E-state index contributed by atoms with van der Waals surface area (Å²) in [5, 5.41) is 2.09. The van der Waals surface area contributed by atoms with Gasteiger partial charge in [-0.05, 0) is 18.6 Å². The number of nitrogens with one attached hydrogen (secondary N) is 1. The van der Waals surface area contributed by atoms with Crippen LogP contribution in [0.25, 0.3) is 0 Å². The second kappa shape index (κ2) is 5.21. The fourth-order valence-electron chi connectivity index (χ4n) is 2.00. The van der Waals surface area contributed by atoms with Crippen LogP contribution in [0.3, 0.4) is 0 Å². The molecule has 1 heterocycles. The summed E-state index contributed by atoms with van der Waals surface area (Å²) >= 11 is 0. The number of halogens is 2. The van der Waals surface area contributed by atoms with E-state index in [0.717, 1.165) is 12.1 Å². The van der Waals surface area contributed by atoms with Gasteiger partial charge in [0.15, 0.2) is 21.5 Å². The maximum absolute atomic E-state index is 13.6. The number of rotatable bonds is 2. The molecule has 0 saturated carbocycles. The first-order valence-corrected chi connectivity index (χ1v) is 7.61. The highest BCUT2D eigenvalue weighted by Crippen LogP contribution is 2.24. The van der Waals surface area contributed by atoms with Crippen LogP contribution < -0.4 is 5.32 Å². The van der Waals surface area contributed by atoms with Crippen LogP contribution in [0.5, 0.6) is 0 Å². The van der Waals surface area contributed by atoms with Gasteiger partial charge in [-0.2, -0.15) is 0 Å². The van der Waals surface area contributed by atoms with E-state index in [1.54, 1.807) is 0 Å². The Balaban J connectivity index is 2.19. The zero-order valence-electron chi connectivity index (χ0n) is 10.3. The Morgan fingerprint density at radius 1 is 1.35 bits per heavy atom. The summed E-state index contributed by atoms with van der Waals surface area (Å²) in [5.41, 5.74) is -0.597. The van der Waals surface area contributed by atoms with Crippen LogP contribution in [0.15, 0.2) is 12.1 Å². The van der Waals surface area contributed by atoms with Crippen molar-refractivity contribution in [1.82, 2.24) is 0 Å². The Kier molecular flexibility index (Phi) is 3.77. The van der Waals surface area contributed by atoms with Gasteiger partial charge >= 0.3 is 0 Å². The first-order valence-electron chi connectivity index (χ1n) is 5.79. The molecule has 1 unspecified atom stereocenters. The van der Waals surface area contributed by atoms with Gasteiger partial charge in [0.2, 0.25) is 5.91 Å². The zero-order chi connectivity index (χ0) is 14.9. The lowest BCUT2D eigenvalue weighted by Gasteiger charge is -2.11. The molecule has 1 saturated heterocycles. The molecule has 0 aromatic heterocycles. The first kappa shape index (κ1) is 14.5. The average molecular weight is 299 g/mol. The predicted octanol–water partition coefficient (Wildman–Crippen LogP) is 1.32. The number of terminal acetylenes is 1. The van der Waals surface area contributed by atoms with Crippen molar-refractivity contribution in [1.29, 1.82) is 0 Å². The van der Waals surface area contributed by atoms with Crippen molar-refractivity contribution in [3.05, 3.63) is 29.3 Å². The zero-order valence-corrected chi connectivity index (χ0v) is 11.1. The van der Waals surface area contributed by atoms with Crippen molar-refractivity contribution in [3.63, 3.8) is 0 Å². The Labute approximate surface area is 115 Å². The lowest BCUT2D eigenvalue weighted by molar-refractivity contribution is -0.119. The van der Waals surface area contributed by atoms with E-state index in [1.165, 1.54) is 0 Å². The molecule has 4 nitrogen and oxygen atoms in total. The summed E-state index contributed by atoms with van der Waals surface area (Å²) in [6, 6.07) is 1.84. The minimum atomic E-state index is -3.24. The monoisotopic (exact) mass is 299 g/mol. The lowest BCUT2D eigenvalue weighted by Crippen LogP contribution is -2.24. The third-order valence-electron chi connectivity index (χ3n) is 3.06. The quantitative estimate of drug-likeness (QED) is 0.838. The van der Waals surface area contributed by atoms with E-state index in [1.807, 2.05) is 0 Å². The summed E-state index contributed by atoms with van der Waals surface area (Å²) in [5.74, 6) is -1.79. The van der Waals surface area contributed by atoms with Gasteiger partial charge in [0, 0.05) is 5.56 Å². The number of carbonyl (C=O) groups is 1. The predicted molar refractivity (Wildman–Crippen MR) is 69.7 cm³/mol. The number of amides is 1. The number of hydrogen-bond acceptors (Lipinski definition) is 3. The summed E-state index contributed by atoms with van der Waals surface area (Å²) in [6.45, 7) is 0. The van der Waals surface area contributed by atoms with E-state index in [9.17, 15) is 22.0 Å². The first-order chi connectivity index (χ1) is 9.32. The van der Waals surface area contributed by atoms with Crippen LogP contribution in [0.4, 0.5) is 14.5 Å². The average Bonchev–Trinajstić information content (AvgIpc) is 2.73. The highest BCUT2D eigenvalue weighted by molar-refractivity contribution is 7.91. The molecule has 1 aliphatic heterocycles. The molecule has 2 rings (SSSR count). The molecule has 0 aliphatic carbocycles. The van der Waals surface area contributed by atoms with E-state index < -0.39 is 39.0 Å². The van der Waals surface area contributed by atoms with Gasteiger partial charge in [-0.1, -0.05) is 5.92 Å². The topological polar surface area (TPSA) is 63.2 Å². The van der Waals surface area contributed by atoms with Crippen molar-refractivity contribution in [2.24, 2.45) is 5.92 Å². The molecule has 0 radical (unpaired) electrons. The third kappa shape index (κ3) is 2.96. The fraction of sp³-hybridized carbons (Fsp3) is 0.308. The molecule has 1 aromatic carbocycles. The van der Waals surface area contributed by atoms with Crippen LogP contribution in [-0.4, -0.2) is 25.8 Å². The van der Waals surface area contributed by atoms with Gasteiger partial charge in [0.05, 0.1) is 17.4 Å². The van der Waals surface area contributed by atoms with Gasteiger partial charge in [0.1, 0.15) is 5.69 Å². The summed E-state index contributed by atoms with van der Waals surface area (Å²) < 4.78 is 49.8. The molecule has 1 amide bonds. The van der Waals surface area contributed by atoms with Crippen LogP contribution >= 0.6 is 0 Å². The van der Waals surface area contributed by atoms with E-state index in [0.29, 0.717) is 0 Å². The van der Waals surface area contributed by atoms with E-state index in [-0.39, 0.29) is 23.5 Å². The Morgan fingerprint density at radius 2 is 1.95 bits per heavy atom. The summed E-state index contributed by atoms with van der Waals surface area (Å²) in [6.07, 6.45) is 5.18. The molecule has 1 aromatic rings. The van der Waals surface area contributed by atoms with Crippen LogP contribution in [0.1, 0.15) is 12.0 Å². The lowest BCUT2D eigenvalue weighted by atomic mass is 10.1. The maximum atomic E-state index is 13.6. The molecule has 0 bridgehead atoms. The fourth-order valence-corrected chi connectivity index (χ4v) is 3.74. The van der Waals surface area contributed by atoms with Crippen molar-refractivity contribution in [3.8, 4) is 12.3 Å². The van der Waals surface area contributed by atoms with E-state index in [2.05, 4.69) is 11.2 Å². The van der Waals surface area contributed by atoms with Crippen LogP contribution in [-0.2, 0) is 14.6 Å². The molecular formula is C13H11F2NO3S. The molecule has 20 heavy (non-hydrogen) atoms. The molecular weight excluding hydrogens is 288 g/mol. The number of carbonyl (C=O) groups excluding carboxylic acids is 1. The van der Waals surface area contributed by atoms with Crippen LogP contribution in [0.2, 0.25) is 0 Å². The Hall–Kier alpha value is -1.94.